The molecule has 132 valence electrons. The second-order valence-electron chi connectivity index (χ2n) is 4.55. The summed E-state index contributed by atoms with van der Waals surface area (Å²) in [6, 6.07) is 0. The predicted octanol–water partition coefficient (Wildman–Crippen LogP) is 2.61. The maximum atomic E-state index is 13.1. The number of hydrogen-bond acceptors (Lipinski definition) is 4. The Morgan fingerprint density at radius 1 is 1.09 bits per heavy atom. The van der Waals surface area contributed by atoms with Crippen molar-refractivity contribution in [2.45, 2.75) is 36.8 Å². The Hall–Kier alpha value is -0.650. The molecule has 1 heterocycles. The van der Waals surface area contributed by atoms with Crippen LogP contribution < -0.4 is 0 Å². The first-order valence-electron chi connectivity index (χ1n) is 6.17. The number of methoxy groups -OCH3 is 1. The van der Waals surface area contributed by atoms with E-state index in [1.807, 2.05) is 0 Å². The molecule has 4 nitrogen and oxygen atoms in total. The van der Waals surface area contributed by atoms with Crippen LogP contribution >= 0.6 is 0 Å². The Kier molecular flexibility index (Phi) is 6.42. The molecule has 0 aromatic carbocycles. The highest BCUT2D eigenvalue weighted by atomic mass is 19.4. The second kappa shape index (κ2) is 7.28. The van der Waals surface area contributed by atoms with Gasteiger partial charge in [-0.15, -0.1) is 0 Å². The first-order valence-corrected chi connectivity index (χ1v) is 6.17. The zero-order chi connectivity index (χ0) is 17.0. The third-order valence-electron chi connectivity index (χ3n) is 2.74. The van der Waals surface area contributed by atoms with Gasteiger partial charge in [0.25, 0.3) is 0 Å². The molecule has 1 saturated heterocycles. The number of alkyl halides is 7. The number of ether oxygens (including phenoxy) is 4. The van der Waals surface area contributed by atoms with E-state index in [0.29, 0.717) is 6.61 Å². The van der Waals surface area contributed by atoms with Crippen molar-refractivity contribution in [1.82, 2.24) is 0 Å². The maximum absolute atomic E-state index is 13.1. The molecule has 0 radical (unpaired) electrons. The average Bonchev–Trinajstić information content (AvgIpc) is 3.19. The molecule has 0 N–H and O–H groups in total. The Morgan fingerprint density at radius 3 is 2.14 bits per heavy atom. The van der Waals surface area contributed by atoms with Crippen LogP contribution in [0.2, 0.25) is 0 Å². The summed E-state index contributed by atoms with van der Waals surface area (Å²) < 4.78 is 106. The molecule has 1 fully saturated rings. The third kappa shape index (κ3) is 5.21. The van der Waals surface area contributed by atoms with Gasteiger partial charge in [0.05, 0.1) is 32.8 Å². The summed E-state index contributed by atoms with van der Waals surface area (Å²) in [5, 5.41) is 0. The Balaban J connectivity index is 2.41. The number of halogens is 7. The van der Waals surface area contributed by atoms with Crippen molar-refractivity contribution < 1.29 is 49.7 Å². The van der Waals surface area contributed by atoms with Gasteiger partial charge in [-0.2, -0.15) is 30.7 Å². The first-order chi connectivity index (χ1) is 10.0. The van der Waals surface area contributed by atoms with Crippen molar-refractivity contribution in [2.24, 2.45) is 0 Å². The van der Waals surface area contributed by atoms with Crippen LogP contribution in [0.3, 0.4) is 0 Å². The predicted molar refractivity (Wildman–Crippen MR) is 57.9 cm³/mol. The summed E-state index contributed by atoms with van der Waals surface area (Å²) in [7, 11) is 0.853. The van der Waals surface area contributed by atoms with E-state index in [1.165, 1.54) is 0 Å². The van der Waals surface area contributed by atoms with Gasteiger partial charge >= 0.3 is 18.0 Å². The molecule has 0 aromatic rings. The number of rotatable bonds is 10. The molecule has 11 heteroatoms. The average molecular weight is 344 g/mol. The van der Waals surface area contributed by atoms with Crippen molar-refractivity contribution in [1.29, 1.82) is 0 Å². The van der Waals surface area contributed by atoms with Crippen LogP contribution in [-0.4, -0.2) is 64.0 Å². The van der Waals surface area contributed by atoms with Crippen LogP contribution in [0.1, 0.15) is 6.42 Å². The van der Waals surface area contributed by atoms with E-state index < -0.39 is 30.7 Å². The van der Waals surface area contributed by atoms with E-state index in [4.69, 9.17) is 9.47 Å². The molecule has 1 aliphatic rings. The molecule has 22 heavy (non-hydrogen) atoms. The Bertz CT molecular complexity index is 344. The van der Waals surface area contributed by atoms with E-state index in [1.54, 1.807) is 0 Å². The zero-order valence-electron chi connectivity index (χ0n) is 11.5. The van der Waals surface area contributed by atoms with Crippen LogP contribution in [0.5, 0.6) is 0 Å². The monoisotopic (exact) mass is 344 g/mol. The van der Waals surface area contributed by atoms with Gasteiger partial charge in [-0.25, -0.2) is 0 Å². The van der Waals surface area contributed by atoms with Crippen molar-refractivity contribution in [3.8, 4) is 0 Å². The standard InChI is InChI=1S/C11H15F7O4/c1-19-8(21-3-2-20-5-7-6-22-7)4-9(12,13)10(14,15)11(16,17)18/h7-8H,2-6H2,1H3. The molecule has 0 amide bonds. The lowest BCUT2D eigenvalue weighted by atomic mass is 10.1. The highest BCUT2D eigenvalue weighted by Crippen LogP contribution is 2.48. The van der Waals surface area contributed by atoms with Crippen molar-refractivity contribution in [3.05, 3.63) is 0 Å². The summed E-state index contributed by atoms with van der Waals surface area (Å²) in [6.07, 6.45) is -10.3. The summed E-state index contributed by atoms with van der Waals surface area (Å²) >= 11 is 0. The quantitative estimate of drug-likeness (QED) is 0.264. The summed E-state index contributed by atoms with van der Waals surface area (Å²) in [4.78, 5) is 0. The highest BCUT2D eigenvalue weighted by Gasteiger charge is 2.73. The SMILES string of the molecule is COC(CC(F)(F)C(F)(F)C(F)(F)F)OCCOCC1CO1. The smallest absolute Gasteiger partial charge is 0.376 e. The highest BCUT2D eigenvalue weighted by molar-refractivity contribution is 4.91. The molecule has 0 saturated carbocycles. The molecule has 0 aliphatic carbocycles. The van der Waals surface area contributed by atoms with E-state index >= 15 is 0 Å². The number of hydrogen-bond donors (Lipinski definition) is 0. The van der Waals surface area contributed by atoms with Crippen LogP contribution in [-0.2, 0) is 18.9 Å². The van der Waals surface area contributed by atoms with Crippen molar-refractivity contribution in [2.75, 3.05) is 33.5 Å². The molecule has 0 bridgehead atoms. The molecule has 0 aromatic heterocycles. The van der Waals surface area contributed by atoms with Crippen LogP contribution in [0.4, 0.5) is 30.7 Å². The van der Waals surface area contributed by atoms with Gasteiger partial charge in [0.1, 0.15) is 6.10 Å². The second-order valence-corrected chi connectivity index (χ2v) is 4.55. The van der Waals surface area contributed by atoms with Gasteiger partial charge in [-0.3, -0.25) is 0 Å². The molecule has 2 unspecified atom stereocenters. The molecular weight excluding hydrogens is 329 g/mol. The number of epoxide rings is 1. The third-order valence-corrected chi connectivity index (χ3v) is 2.74. The van der Waals surface area contributed by atoms with E-state index in [-0.39, 0.29) is 25.9 Å². The summed E-state index contributed by atoms with van der Waals surface area (Å²) in [5.74, 6) is -11.5. The topological polar surface area (TPSA) is 40.2 Å². The fraction of sp³-hybridized carbons (Fsp3) is 1.00. The summed E-state index contributed by atoms with van der Waals surface area (Å²) in [5.41, 5.74) is 0. The van der Waals surface area contributed by atoms with Gasteiger partial charge in [-0.05, 0) is 0 Å². The summed E-state index contributed by atoms with van der Waals surface area (Å²) in [6.45, 7) is 0.420. The van der Waals surface area contributed by atoms with Gasteiger partial charge < -0.3 is 18.9 Å². The van der Waals surface area contributed by atoms with E-state index in [9.17, 15) is 30.7 Å². The fourth-order valence-electron chi connectivity index (χ4n) is 1.37. The molecule has 1 aliphatic heterocycles. The molecule has 0 spiro atoms. The normalized spacial score (nSPS) is 21.0. The lowest BCUT2D eigenvalue weighted by Gasteiger charge is -2.30. The minimum Gasteiger partial charge on any atom is -0.376 e. The molecule has 2 atom stereocenters. The lowest BCUT2D eigenvalue weighted by Crippen LogP contribution is -2.53. The first kappa shape index (κ1) is 19.4. The largest absolute Gasteiger partial charge is 0.459 e. The maximum Gasteiger partial charge on any atom is 0.459 e. The van der Waals surface area contributed by atoms with Gasteiger partial charge in [0, 0.05) is 7.11 Å². The van der Waals surface area contributed by atoms with E-state index in [2.05, 4.69) is 9.47 Å². The van der Waals surface area contributed by atoms with Gasteiger partial charge in [0.2, 0.25) is 0 Å². The fourth-order valence-corrected chi connectivity index (χ4v) is 1.37. The van der Waals surface area contributed by atoms with Crippen LogP contribution in [0.15, 0.2) is 0 Å². The molecule has 1 rings (SSSR count). The minimum atomic E-state index is -6.37. The minimum absolute atomic E-state index is 0.0342. The zero-order valence-corrected chi connectivity index (χ0v) is 11.5. The lowest BCUT2D eigenvalue weighted by molar-refractivity contribution is -0.363. The van der Waals surface area contributed by atoms with Crippen LogP contribution in [0, 0.1) is 0 Å². The Labute approximate surface area is 121 Å². The Morgan fingerprint density at radius 2 is 1.68 bits per heavy atom. The molecular formula is C11H15F7O4. The van der Waals surface area contributed by atoms with Crippen LogP contribution in [0.25, 0.3) is 0 Å². The van der Waals surface area contributed by atoms with Gasteiger partial charge in [0.15, 0.2) is 6.29 Å². The van der Waals surface area contributed by atoms with Crippen molar-refractivity contribution in [3.63, 3.8) is 0 Å². The van der Waals surface area contributed by atoms with Crippen molar-refractivity contribution >= 4 is 0 Å². The van der Waals surface area contributed by atoms with E-state index in [0.717, 1.165) is 7.11 Å². The van der Waals surface area contributed by atoms with Gasteiger partial charge in [-0.1, -0.05) is 0 Å².